The van der Waals surface area contributed by atoms with Crippen LogP contribution in [0.2, 0.25) is 0 Å². The molecule has 0 saturated carbocycles. The average Bonchev–Trinajstić information content (AvgIpc) is 2.72. The first kappa shape index (κ1) is 18.7. The highest BCUT2D eigenvalue weighted by atomic mass is 19.1. The Bertz CT molecular complexity index is 1200. The molecule has 0 saturated heterocycles. The number of para-hydroxylation sites is 1. The van der Waals surface area contributed by atoms with Gasteiger partial charge in [0.05, 0.1) is 29.0 Å². The monoisotopic (exact) mass is 389 g/mol. The molecular formula is C23H17F2N3O. The summed E-state index contributed by atoms with van der Waals surface area (Å²) >= 11 is 0. The largest absolute Gasteiger partial charge is 0.299 e. The second-order valence-electron chi connectivity index (χ2n) is 6.64. The number of halogens is 2. The van der Waals surface area contributed by atoms with E-state index in [0.29, 0.717) is 27.9 Å². The van der Waals surface area contributed by atoms with Gasteiger partial charge in [-0.15, -0.1) is 0 Å². The van der Waals surface area contributed by atoms with Crippen LogP contribution in [0.1, 0.15) is 21.7 Å². The zero-order chi connectivity index (χ0) is 20.4. The van der Waals surface area contributed by atoms with E-state index in [-0.39, 0.29) is 12.2 Å². The Morgan fingerprint density at radius 2 is 1.79 bits per heavy atom. The summed E-state index contributed by atoms with van der Waals surface area (Å²) in [5.74, 6) is -1.94. The van der Waals surface area contributed by atoms with Gasteiger partial charge in [0.25, 0.3) is 5.91 Å². The van der Waals surface area contributed by atoms with E-state index in [9.17, 15) is 13.6 Å². The van der Waals surface area contributed by atoms with Crippen molar-refractivity contribution in [3.63, 3.8) is 0 Å². The van der Waals surface area contributed by atoms with E-state index < -0.39 is 17.5 Å². The smallest absolute Gasteiger partial charge is 0.259 e. The lowest BCUT2D eigenvalue weighted by Gasteiger charge is -2.24. The van der Waals surface area contributed by atoms with Crippen LogP contribution in [0.5, 0.6) is 0 Å². The fourth-order valence-electron chi connectivity index (χ4n) is 3.25. The molecule has 0 N–H and O–H groups in total. The number of aromatic nitrogens is 2. The lowest BCUT2D eigenvalue weighted by molar-refractivity contribution is 0.0985. The van der Waals surface area contributed by atoms with Gasteiger partial charge in [0.2, 0.25) is 0 Å². The van der Waals surface area contributed by atoms with Crippen LogP contribution in [0.4, 0.5) is 14.5 Å². The second kappa shape index (κ2) is 7.75. The summed E-state index contributed by atoms with van der Waals surface area (Å²) in [6, 6.07) is 17.4. The number of carbonyl (C=O) groups excluding carboxylic acids is 1. The molecule has 0 aliphatic carbocycles. The Hall–Kier alpha value is -3.67. The molecule has 0 fully saturated rings. The van der Waals surface area contributed by atoms with Gasteiger partial charge in [-0.25, -0.2) is 8.78 Å². The SMILES string of the molecule is Cc1cc(C(=O)N(Cc2ccccn2)c2ccc(F)cc2F)c2ccccc2n1. The van der Waals surface area contributed by atoms with Crippen LogP contribution in [0.3, 0.4) is 0 Å². The van der Waals surface area contributed by atoms with Crippen molar-refractivity contribution in [3.8, 4) is 0 Å². The van der Waals surface area contributed by atoms with Gasteiger partial charge in [-0.1, -0.05) is 24.3 Å². The number of fused-ring (bicyclic) bond motifs is 1. The molecule has 0 spiro atoms. The minimum absolute atomic E-state index is 0.0133. The summed E-state index contributed by atoms with van der Waals surface area (Å²) in [6.45, 7) is 1.84. The molecular weight excluding hydrogens is 372 g/mol. The first-order valence-electron chi connectivity index (χ1n) is 9.06. The fourth-order valence-corrected chi connectivity index (χ4v) is 3.25. The van der Waals surface area contributed by atoms with E-state index in [1.807, 2.05) is 18.2 Å². The number of nitrogens with zero attached hydrogens (tertiary/aromatic N) is 3. The molecule has 4 rings (SSSR count). The van der Waals surface area contributed by atoms with Crippen molar-refractivity contribution in [3.05, 3.63) is 102 Å². The minimum Gasteiger partial charge on any atom is -0.299 e. The van der Waals surface area contributed by atoms with Gasteiger partial charge in [0, 0.05) is 23.3 Å². The average molecular weight is 389 g/mol. The molecule has 2 aromatic carbocycles. The van der Waals surface area contributed by atoms with Crippen molar-refractivity contribution in [2.75, 3.05) is 4.90 Å². The van der Waals surface area contributed by atoms with E-state index in [2.05, 4.69) is 9.97 Å². The lowest BCUT2D eigenvalue weighted by atomic mass is 10.1. The minimum atomic E-state index is -0.815. The molecule has 6 heteroatoms. The molecule has 0 bridgehead atoms. The van der Waals surface area contributed by atoms with Gasteiger partial charge in [-0.05, 0) is 43.3 Å². The molecule has 0 aliphatic rings. The molecule has 144 valence electrons. The first-order chi connectivity index (χ1) is 14.0. The topological polar surface area (TPSA) is 46.1 Å². The van der Waals surface area contributed by atoms with Gasteiger partial charge < -0.3 is 0 Å². The number of hydrogen-bond donors (Lipinski definition) is 0. The van der Waals surface area contributed by atoms with Crippen LogP contribution in [0.15, 0.2) is 72.9 Å². The van der Waals surface area contributed by atoms with Gasteiger partial charge in [-0.3, -0.25) is 19.7 Å². The molecule has 2 heterocycles. The number of benzene rings is 2. The van der Waals surface area contributed by atoms with E-state index in [1.54, 1.807) is 43.5 Å². The van der Waals surface area contributed by atoms with Crippen molar-refractivity contribution in [1.82, 2.24) is 9.97 Å². The third kappa shape index (κ3) is 3.82. The van der Waals surface area contributed by atoms with Gasteiger partial charge in [-0.2, -0.15) is 0 Å². The summed E-state index contributed by atoms with van der Waals surface area (Å²) in [7, 11) is 0. The van der Waals surface area contributed by atoms with E-state index in [0.717, 1.165) is 12.1 Å². The highest BCUT2D eigenvalue weighted by molar-refractivity contribution is 6.13. The molecule has 0 atom stereocenters. The Morgan fingerprint density at radius 3 is 2.55 bits per heavy atom. The predicted molar refractivity (Wildman–Crippen MR) is 108 cm³/mol. The van der Waals surface area contributed by atoms with Gasteiger partial charge in [0.15, 0.2) is 0 Å². The quantitative estimate of drug-likeness (QED) is 0.490. The second-order valence-corrected chi connectivity index (χ2v) is 6.64. The van der Waals surface area contributed by atoms with Crippen LogP contribution in [-0.2, 0) is 6.54 Å². The van der Waals surface area contributed by atoms with Gasteiger partial charge in [0.1, 0.15) is 11.6 Å². The molecule has 0 aliphatic heterocycles. The third-order valence-electron chi connectivity index (χ3n) is 4.57. The number of anilines is 1. The summed E-state index contributed by atoms with van der Waals surface area (Å²) in [5.41, 5.74) is 2.31. The Balaban J connectivity index is 1.86. The van der Waals surface area contributed by atoms with Crippen LogP contribution in [-0.4, -0.2) is 15.9 Å². The van der Waals surface area contributed by atoms with Crippen molar-refractivity contribution in [1.29, 1.82) is 0 Å². The number of amides is 1. The number of carbonyl (C=O) groups is 1. The summed E-state index contributed by atoms with van der Waals surface area (Å²) < 4.78 is 28.1. The Morgan fingerprint density at radius 1 is 1.00 bits per heavy atom. The molecule has 4 aromatic rings. The maximum atomic E-state index is 14.6. The Kier molecular flexibility index (Phi) is 4.99. The maximum absolute atomic E-state index is 14.6. The standard InChI is InChI=1S/C23H17F2N3O/c1-15-12-19(18-7-2-3-8-21(18)27-15)23(29)28(14-17-6-4-5-11-26-17)22-10-9-16(24)13-20(22)25/h2-13H,14H2,1H3. The van der Waals surface area contributed by atoms with Crippen LogP contribution < -0.4 is 4.90 Å². The summed E-state index contributed by atoms with van der Waals surface area (Å²) in [6.07, 6.45) is 1.60. The molecule has 29 heavy (non-hydrogen) atoms. The van der Waals surface area contributed by atoms with Crippen LogP contribution >= 0.6 is 0 Å². The van der Waals surface area contributed by atoms with Crippen molar-refractivity contribution < 1.29 is 13.6 Å². The first-order valence-corrected chi connectivity index (χ1v) is 9.06. The molecule has 1 amide bonds. The van der Waals surface area contributed by atoms with Crippen molar-refractivity contribution in [2.45, 2.75) is 13.5 Å². The molecule has 0 unspecified atom stereocenters. The molecule has 2 aromatic heterocycles. The normalized spacial score (nSPS) is 10.9. The molecule has 4 nitrogen and oxygen atoms in total. The lowest BCUT2D eigenvalue weighted by Crippen LogP contribution is -2.32. The van der Waals surface area contributed by atoms with Gasteiger partial charge >= 0.3 is 0 Å². The maximum Gasteiger partial charge on any atom is 0.259 e. The van der Waals surface area contributed by atoms with Crippen LogP contribution in [0, 0.1) is 18.6 Å². The molecule has 0 radical (unpaired) electrons. The van der Waals surface area contributed by atoms with Crippen molar-refractivity contribution >= 4 is 22.5 Å². The Labute approximate surface area is 166 Å². The van der Waals surface area contributed by atoms with E-state index in [4.69, 9.17) is 0 Å². The zero-order valence-electron chi connectivity index (χ0n) is 15.6. The number of hydrogen-bond acceptors (Lipinski definition) is 3. The highest BCUT2D eigenvalue weighted by Gasteiger charge is 2.24. The number of aryl methyl sites for hydroxylation is 1. The third-order valence-corrected chi connectivity index (χ3v) is 4.57. The van der Waals surface area contributed by atoms with Crippen molar-refractivity contribution in [2.24, 2.45) is 0 Å². The summed E-state index contributed by atoms with van der Waals surface area (Å²) in [4.78, 5) is 23.5. The van der Waals surface area contributed by atoms with Crippen LogP contribution in [0.25, 0.3) is 10.9 Å². The van der Waals surface area contributed by atoms with E-state index in [1.165, 1.54) is 11.0 Å². The highest BCUT2D eigenvalue weighted by Crippen LogP contribution is 2.27. The zero-order valence-corrected chi connectivity index (χ0v) is 15.6. The van der Waals surface area contributed by atoms with E-state index >= 15 is 0 Å². The predicted octanol–water partition coefficient (Wildman–Crippen LogP) is 5.06. The number of pyridine rings is 2. The number of rotatable bonds is 4. The summed E-state index contributed by atoms with van der Waals surface area (Å²) in [5, 5.41) is 0.664. The fraction of sp³-hybridized carbons (Fsp3) is 0.0870.